The maximum atomic E-state index is 11.8. The first kappa shape index (κ1) is 13.6. The summed E-state index contributed by atoms with van der Waals surface area (Å²) in [6.07, 6.45) is -0.517. The van der Waals surface area contributed by atoms with E-state index in [-0.39, 0.29) is 24.3 Å². The van der Waals surface area contributed by atoms with Crippen LogP contribution < -0.4 is 0 Å². The van der Waals surface area contributed by atoms with Crippen LogP contribution in [0.1, 0.15) is 11.1 Å². The molecule has 1 heterocycles. The van der Waals surface area contributed by atoms with Gasteiger partial charge in [0.05, 0.1) is 23.0 Å². The molecule has 0 radical (unpaired) electrons. The first-order chi connectivity index (χ1) is 9.34. The molecule has 2 atom stereocenters. The Kier molecular flexibility index (Phi) is 2.92. The van der Waals surface area contributed by atoms with Gasteiger partial charge in [-0.15, -0.1) is 0 Å². The van der Waals surface area contributed by atoms with Crippen LogP contribution in [0, 0.1) is 11.3 Å². The number of carboxylic acids is 1. The number of aliphatic carboxylic acids is 1. The number of aliphatic hydroxyl groups is 1. The van der Waals surface area contributed by atoms with Crippen molar-refractivity contribution in [1.82, 2.24) is 0 Å². The molecule has 1 aromatic carbocycles. The lowest BCUT2D eigenvalue weighted by Crippen LogP contribution is -2.44. The van der Waals surface area contributed by atoms with Crippen molar-refractivity contribution >= 4 is 15.8 Å². The summed E-state index contributed by atoms with van der Waals surface area (Å²) in [5, 5.41) is 19.7. The molecule has 0 amide bonds. The number of hydrogen-bond donors (Lipinski definition) is 2. The summed E-state index contributed by atoms with van der Waals surface area (Å²) >= 11 is 0. The molecule has 0 bridgehead atoms. The molecule has 5 nitrogen and oxygen atoms in total. The molecule has 2 unspecified atom stereocenters. The summed E-state index contributed by atoms with van der Waals surface area (Å²) < 4.78 is 23.4. The first-order valence-electron chi connectivity index (χ1n) is 6.53. The lowest BCUT2D eigenvalue weighted by Gasteiger charge is -2.32. The van der Waals surface area contributed by atoms with Crippen molar-refractivity contribution in [2.24, 2.45) is 11.3 Å². The van der Waals surface area contributed by atoms with E-state index in [0.717, 1.165) is 11.1 Å². The van der Waals surface area contributed by atoms with Gasteiger partial charge in [-0.2, -0.15) is 0 Å². The summed E-state index contributed by atoms with van der Waals surface area (Å²) in [4.78, 5) is 11.8. The maximum absolute atomic E-state index is 11.8. The van der Waals surface area contributed by atoms with E-state index in [1.54, 1.807) is 0 Å². The second-order valence-electron chi connectivity index (χ2n) is 5.83. The Hall–Kier alpha value is -1.40. The van der Waals surface area contributed by atoms with Gasteiger partial charge >= 0.3 is 5.97 Å². The van der Waals surface area contributed by atoms with Crippen molar-refractivity contribution < 1.29 is 23.4 Å². The lowest BCUT2D eigenvalue weighted by molar-refractivity contribution is -0.153. The number of rotatable bonds is 2. The smallest absolute Gasteiger partial charge is 0.310 e. The fraction of sp³-hybridized carbons (Fsp3) is 0.500. The molecule has 1 aliphatic heterocycles. The number of carbonyl (C=O) groups is 1. The molecule has 1 saturated heterocycles. The fourth-order valence-corrected chi connectivity index (χ4v) is 5.55. The van der Waals surface area contributed by atoms with E-state index in [9.17, 15) is 23.4 Å². The van der Waals surface area contributed by atoms with E-state index in [4.69, 9.17) is 0 Å². The average molecular weight is 296 g/mol. The van der Waals surface area contributed by atoms with E-state index in [0.29, 0.717) is 0 Å². The number of aliphatic hydroxyl groups excluding tert-OH is 1. The molecule has 108 valence electrons. The molecule has 0 spiro atoms. The zero-order chi connectivity index (χ0) is 14.5. The summed E-state index contributed by atoms with van der Waals surface area (Å²) in [6.45, 7) is 0. The SMILES string of the molecule is O=C(O)C1(C2CS(=O)(=O)CC2O)Cc2ccccc2C1. The van der Waals surface area contributed by atoms with Crippen LogP contribution in [0.2, 0.25) is 0 Å². The van der Waals surface area contributed by atoms with Crippen molar-refractivity contribution in [3.8, 4) is 0 Å². The maximum Gasteiger partial charge on any atom is 0.310 e. The molecule has 0 saturated carbocycles. The molecule has 1 fully saturated rings. The number of carboxylic acid groups (broad SMARTS) is 1. The van der Waals surface area contributed by atoms with Crippen molar-refractivity contribution in [2.45, 2.75) is 18.9 Å². The summed E-state index contributed by atoms with van der Waals surface area (Å²) in [6, 6.07) is 7.43. The van der Waals surface area contributed by atoms with Gasteiger partial charge in [-0.25, -0.2) is 8.42 Å². The van der Waals surface area contributed by atoms with Gasteiger partial charge in [0.2, 0.25) is 0 Å². The minimum atomic E-state index is -3.35. The standard InChI is InChI=1S/C14H16O5S/c15-12-8-20(18,19)7-11(12)14(13(16)17)5-9-3-1-2-4-10(9)6-14/h1-4,11-12,15H,5-8H2,(H,16,17). The van der Waals surface area contributed by atoms with Crippen molar-refractivity contribution in [2.75, 3.05) is 11.5 Å². The molecular weight excluding hydrogens is 280 g/mol. The number of sulfone groups is 1. The van der Waals surface area contributed by atoms with E-state index in [1.807, 2.05) is 24.3 Å². The van der Waals surface area contributed by atoms with E-state index < -0.39 is 33.2 Å². The Bertz CT molecular complexity index is 639. The number of benzene rings is 1. The minimum Gasteiger partial charge on any atom is -0.481 e. The second-order valence-corrected chi connectivity index (χ2v) is 7.99. The highest BCUT2D eigenvalue weighted by Crippen LogP contribution is 2.47. The van der Waals surface area contributed by atoms with Crippen LogP contribution in [0.15, 0.2) is 24.3 Å². The van der Waals surface area contributed by atoms with Gasteiger partial charge in [0.15, 0.2) is 9.84 Å². The molecule has 3 rings (SSSR count). The Morgan fingerprint density at radius 3 is 2.10 bits per heavy atom. The van der Waals surface area contributed by atoms with Crippen LogP contribution in [-0.2, 0) is 27.5 Å². The van der Waals surface area contributed by atoms with Gasteiger partial charge in [0.25, 0.3) is 0 Å². The topological polar surface area (TPSA) is 91.7 Å². The van der Waals surface area contributed by atoms with Gasteiger partial charge < -0.3 is 10.2 Å². The minimum absolute atomic E-state index is 0.242. The molecule has 1 aliphatic carbocycles. The third kappa shape index (κ3) is 1.94. The van der Waals surface area contributed by atoms with Crippen molar-refractivity contribution in [3.63, 3.8) is 0 Å². The van der Waals surface area contributed by atoms with Crippen LogP contribution in [0.4, 0.5) is 0 Å². The van der Waals surface area contributed by atoms with Crippen LogP contribution >= 0.6 is 0 Å². The van der Waals surface area contributed by atoms with Gasteiger partial charge in [-0.1, -0.05) is 24.3 Å². The van der Waals surface area contributed by atoms with Crippen molar-refractivity contribution in [1.29, 1.82) is 0 Å². The van der Waals surface area contributed by atoms with E-state index >= 15 is 0 Å². The predicted molar refractivity (Wildman–Crippen MR) is 72.1 cm³/mol. The summed E-state index contributed by atoms with van der Waals surface area (Å²) in [5.74, 6) is -2.33. The number of hydrogen-bond acceptors (Lipinski definition) is 4. The highest BCUT2D eigenvalue weighted by Gasteiger charge is 2.56. The summed E-state index contributed by atoms with van der Waals surface area (Å²) in [7, 11) is -3.35. The quantitative estimate of drug-likeness (QED) is 0.817. The van der Waals surface area contributed by atoms with E-state index in [1.165, 1.54) is 0 Å². The van der Waals surface area contributed by atoms with Crippen molar-refractivity contribution in [3.05, 3.63) is 35.4 Å². The highest BCUT2D eigenvalue weighted by molar-refractivity contribution is 7.91. The molecule has 6 heteroatoms. The molecule has 2 aliphatic rings. The molecular formula is C14H16O5S. The Labute approximate surface area is 117 Å². The van der Waals surface area contributed by atoms with Crippen LogP contribution in [0.3, 0.4) is 0 Å². The summed E-state index contributed by atoms with van der Waals surface area (Å²) in [5.41, 5.74) is 0.671. The Morgan fingerprint density at radius 1 is 1.15 bits per heavy atom. The third-order valence-electron chi connectivity index (χ3n) is 4.59. The Balaban J connectivity index is 2.03. The fourth-order valence-electron chi connectivity index (χ4n) is 3.57. The predicted octanol–water partition coefficient (Wildman–Crippen LogP) is 0.262. The van der Waals surface area contributed by atoms with Gasteiger partial charge in [0, 0.05) is 5.92 Å². The van der Waals surface area contributed by atoms with Gasteiger partial charge in [0.1, 0.15) is 0 Å². The molecule has 0 aromatic heterocycles. The van der Waals surface area contributed by atoms with Gasteiger partial charge in [-0.05, 0) is 24.0 Å². The number of fused-ring (bicyclic) bond motifs is 1. The van der Waals surface area contributed by atoms with E-state index in [2.05, 4.69) is 0 Å². The van der Waals surface area contributed by atoms with Gasteiger partial charge in [-0.3, -0.25) is 4.79 Å². The molecule has 1 aromatic rings. The highest BCUT2D eigenvalue weighted by atomic mass is 32.2. The third-order valence-corrected chi connectivity index (χ3v) is 6.30. The normalized spacial score (nSPS) is 30.1. The second kappa shape index (κ2) is 4.30. The van der Waals surface area contributed by atoms with Crippen LogP contribution in [0.25, 0.3) is 0 Å². The monoisotopic (exact) mass is 296 g/mol. The lowest BCUT2D eigenvalue weighted by atomic mass is 9.71. The Morgan fingerprint density at radius 2 is 1.70 bits per heavy atom. The van der Waals surface area contributed by atoms with Crippen LogP contribution in [0.5, 0.6) is 0 Å². The first-order valence-corrected chi connectivity index (χ1v) is 8.35. The average Bonchev–Trinajstić information content (AvgIpc) is 2.87. The zero-order valence-corrected chi connectivity index (χ0v) is 11.6. The molecule has 2 N–H and O–H groups in total. The van der Waals surface area contributed by atoms with Crippen LogP contribution in [-0.4, -0.2) is 42.2 Å². The molecule has 20 heavy (non-hydrogen) atoms. The largest absolute Gasteiger partial charge is 0.481 e. The zero-order valence-electron chi connectivity index (χ0n) is 10.8.